The Labute approximate surface area is 165 Å². The van der Waals surface area contributed by atoms with Gasteiger partial charge in [-0.1, -0.05) is 18.5 Å². The zero-order valence-electron chi connectivity index (χ0n) is 16.3. The SMILES string of the molecule is CCCOc1c(Cl)cc(C(=O)N2CCCCC2C(=O)OCC)cc1OCC. The van der Waals surface area contributed by atoms with E-state index in [0.717, 1.165) is 19.3 Å². The molecule has 1 heterocycles. The van der Waals surface area contributed by atoms with Gasteiger partial charge in [-0.05, 0) is 51.7 Å². The van der Waals surface area contributed by atoms with E-state index < -0.39 is 6.04 Å². The molecule has 1 fully saturated rings. The second-order valence-electron chi connectivity index (χ2n) is 6.33. The molecule has 1 aromatic rings. The molecule has 1 amide bonds. The molecule has 6 nitrogen and oxygen atoms in total. The number of likely N-dealkylation sites (tertiary alicyclic amines) is 1. The van der Waals surface area contributed by atoms with Crippen LogP contribution in [0.3, 0.4) is 0 Å². The van der Waals surface area contributed by atoms with Gasteiger partial charge in [-0.15, -0.1) is 0 Å². The first kappa shape index (κ1) is 21.4. The van der Waals surface area contributed by atoms with Crippen LogP contribution in [-0.2, 0) is 9.53 Å². The summed E-state index contributed by atoms with van der Waals surface area (Å²) < 4.78 is 16.5. The number of hydrogen-bond acceptors (Lipinski definition) is 5. The van der Waals surface area contributed by atoms with Crippen molar-refractivity contribution in [1.82, 2.24) is 4.90 Å². The van der Waals surface area contributed by atoms with Crippen LogP contribution < -0.4 is 9.47 Å². The highest BCUT2D eigenvalue weighted by Crippen LogP contribution is 2.37. The van der Waals surface area contributed by atoms with Crippen LogP contribution in [0, 0.1) is 0 Å². The van der Waals surface area contributed by atoms with Crippen LogP contribution in [0.1, 0.15) is 56.8 Å². The van der Waals surface area contributed by atoms with Crippen LogP contribution in [-0.4, -0.2) is 49.2 Å². The quantitative estimate of drug-likeness (QED) is 0.618. The van der Waals surface area contributed by atoms with E-state index >= 15 is 0 Å². The summed E-state index contributed by atoms with van der Waals surface area (Å²) in [4.78, 5) is 27.0. The first-order valence-electron chi connectivity index (χ1n) is 9.60. The Balaban J connectivity index is 2.31. The number of benzene rings is 1. The van der Waals surface area contributed by atoms with Crippen LogP contribution in [0.15, 0.2) is 12.1 Å². The fourth-order valence-corrected chi connectivity index (χ4v) is 3.39. The van der Waals surface area contributed by atoms with Crippen molar-refractivity contribution in [2.45, 2.75) is 52.5 Å². The average Bonchev–Trinajstić information content (AvgIpc) is 2.67. The Kier molecular flexibility index (Phi) is 8.23. The maximum atomic E-state index is 13.1. The van der Waals surface area contributed by atoms with E-state index in [-0.39, 0.29) is 11.9 Å². The summed E-state index contributed by atoms with van der Waals surface area (Å²) in [5.41, 5.74) is 0.378. The summed E-state index contributed by atoms with van der Waals surface area (Å²) in [5, 5.41) is 0.322. The number of hydrogen-bond donors (Lipinski definition) is 0. The highest BCUT2D eigenvalue weighted by Gasteiger charge is 2.34. The number of carbonyl (C=O) groups is 2. The monoisotopic (exact) mass is 397 g/mol. The predicted octanol–water partition coefficient (Wildman–Crippen LogP) is 4.09. The zero-order valence-corrected chi connectivity index (χ0v) is 17.0. The molecule has 1 aliphatic heterocycles. The van der Waals surface area contributed by atoms with Gasteiger partial charge in [-0.3, -0.25) is 4.79 Å². The molecule has 0 radical (unpaired) electrons. The number of amides is 1. The first-order valence-corrected chi connectivity index (χ1v) is 9.97. The van der Waals surface area contributed by atoms with E-state index in [9.17, 15) is 9.59 Å². The van der Waals surface area contributed by atoms with E-state index in [2.05, 4.69) is 0 Å². The van der Waals surface area contributed by atoms with Gasteiger partial charge in [0.2, 0.25) is 0 Å². The molecule has 7 heteroatoms. The topological polar surface area (TPSA) is 65.1 Å². The molecule has 150 valence electrons. The molecule has 2 rings (SSSR count). The van der Waals surface area contributed by atoms with Crippen LogP contribution in [0.4, 0.5) is 0 Å². The minimum absolute atomic E-state index is 0.252. The molecule has 1 aromatic carbocycles. The molecule has 0 N–H and O–H groups in total. The lowest BCUT2D eigenvalue weighted by Crippen LogP contribution is -2.48. The average molecular weight is 398 g/mol. The van der Waals surface area contributed by atoms with Crippen molar-refractivity contribution in [3.05, 3.63) is 22.7 Å². The summed E-state index contributed by atoms with van der Waals surface area (Å²) >= 11 is 6.37. The van der Waals surface area contributed by atoms with E-state index in [4.69, 9.17) is 25.8 Å². The molecule has 0 aromatic heterocycles. The normalized spacial score (nSPS) is 16.7. The summed E-state index contributed by atoms with van der Waals surface area (Å²) in [7, 11) is 0. The zero-order chi connectivity index (χ0) is 19.8. The highest BCUT2D eigenvalue weighted by atomic mass is 35.5. The van der Waals surface area contributed by atoms with Gasteiger partial charge in [0.15, 0.2) is 11.5 Å². The van der Waals surface area contributed by atoms with Crippen LogP contribution in [0.25, 0.3) is 0 Å². The van der Waals surface area contributed by atoms with Gasteiger partial charge in [-0.2, -0.15) is 0 Å². The fraction of sp³-hybridized carbons (Fsp3) is 0.600. The van der Waals surface area contributed by atoms with Crippen molar-refractivity contribution in [3.63, 3.8) is 0 Å². The maximum Gasteiger partial charge on any atom is 0.328 e. The van der Waals surface area contributed by atoms with Crippen LogP contribution in [0.2, 0.25) is 5.02 Å². The molecular weight excluding hydrogens is 370 g/mol. The van der Waals surface area contributed by atoms with Crippen molar-refractivity contribution in [1.29, 1.82) is 0 Å². The Morgan fingerprint density at radius 1 is 1.15 bits per heavy atom. The number of esters is 1. The van der Waals surface area contributed by atoms with Gasteiger partial charge in [0, 0.05) is 12.1 Å². The van der Waals surface area contributed by atoms with E-state index in [1.807, 2.05) is 13.8 Å². The number of ether oxygens (including phenoxy) is 3. The van der Waals surface area contributed by atoms with E-state index in [0.29, 0.717) is 54.9 Å². The third-order valence-corrected chi connectivity index (χ3v) is 4.61. The number of carbonyl (C=O) groups excluding carboxylic acids is 2. The Hall–Kier alpha value is -1.95. The minimum Gasteiger partial charge on any atom is -0.490 e. The Morgan fingerprint density at radius 2 is 1.93 bits per heavy atom. The van der Waals surface area contributed by atoms with Crippen molar-refractivity contribution in [3.8, 4) is 11.5 Å². The van der Waals surface area contributed by atoms with Gasteiger partial charge < -0.3 is 19.1 Å². The molecular formula is C20H28ClNO5. The largest absolute Gasteiger partial charge is 0.490 e. The molecule has 1 aliphatic rings. The lowest BCUT2D eigenvalue weighted by molar-refractivity contribution is -0.149. The van der Waals surface area contributed by atoms with Gasteiger partial charge in [0.1, 0.15) is 6.04 Å². The minimum atomic E-state index is -0.559. The molecule has 27 heavy (non-hydrogen) atoms. The molecule has 0 spiro atoms. The highest BCUT2D eigenvalue weighted by molar-refractivity contribution is 6.32. The van der Waals surface area contributed by atoms with Gasteiger partial charge in [0.05, 0.1) is 24.8 Å². The second-order valence-corrected chi connectivity index (χ2v) is 6.74. The number of nitrogens with zero attached hydrogens (tertiary/aromatic N) is 1. The second kappa shape index (κ2) is 10.4. The number of halogens is 1. The maximum absolute atomic E-state index is 13.1. The molecule has 1 atom stereocenters. The van der Waals surface area contributed by atoms with Crippen LogP contribution >= 0.6 is 11.6 Å². The lowest BCUT2D eigenvalue weighted by atomic mass is 10.0. The first-order chi connectivity index (χ1) is 13.0. The standard InChI is InChI=1S/C20H28ClNO5/c1-4-11-27-18-15(21)12-14(13-17(18)25-5-2)19(23)22-10-8-7-9-16(22)20(24)26-6-3/h12-13,16H,4-11H2,1-3H3. The van der Waals surface area contributed by atoms with Crippen molar-refractivity contribution >= 4 is 23.5 Å². The van der Waals surface area contributed by atoms with Gasteiger partial charge >= 0.3 is 5.97 Å². The molecule has 1 saturated heterocycles. The summed E-state index contributed by atoms with van der Waals surface area (Å²) in [6.45, 7) is 7.34. The summed E-state index contributed by atoms with van der Waals surface area (Å²) in [5.74, 6) is 0.270. The predicted molar refractivity (Wildman–Crippen MR) is 104 cm³/mol. The number of piperidine rings is 1. The molecule has 0 saturated carbocycles. The third kappa shape index (κ3) is 5.28. The summed E-state index contributed by atoms with van der Waals surface area (Å²) in [6, 6.07) is 2.66. The Morgan fingerprint density at radius 3 is 2.59 bits per heavy atom. The summed E-state index contributed by atoms with van der Waals surface area (Å²) in [6.07, 6.45) is 3.18. The van der Waals surface area contributed by atoms with Crippen molar-refractivity contribution in [2.75, 3.05) is 26.4 Å². The molecule has 1 unspecified atom stereocenters. The lowest BCUT2D eigenvalue weighted by Gasteiger charge is -2.34. The van der Waals surface area contributed by atoms with E-state index in [1.165, 1.54) is 0 Å². The van der Waals surface area contributed by atoms with Gasteiger partial charge in [0.25, 0.3) is 5.91 Å². The fourth-order valence-electron chi connectivity index (χ4n) is 3.12. The van der Waals surface area contributed by atoms with E-state index in [1.54, 1.807) is 24.0 Å². The smallest absolute Gasteiger partial charge is 0.328 e. The number of rotatable bonds is 8. The molecule has 0 bridgehead atoms. The van der Waals surface area contributed by atoms with Crippen LogP contribution in [0.5, 0.6) is 11.5 Å². The Bertz CT molecular complexity index is 664. The molecule has 0 aliphatic carbocycles. The van der Waals surface area contributed by atoms with Gasteiger partial charge in [-0.25, -0.2) is 4.79 Å². The van der Waals surface area contributed by atoms with Crippen molar-refractivity contribution < 1.29 is 23.8 Å². The van der Waals surface area contributed by atoms with Crippen molar-refractivity contribution in [2.24, 2.45) is 0 Å². The third-order valence-electron chi connectivity index (χ3n) is 4.33.